The smallest absolute Gasteiger partial charge is 0.161 e. The lowest BCUT2D eigenvalue weighted by atomic mass is 10.1. The van der Waals surface area contributed by atoms with Crippen LogP contribution in [0.5, 0.6) is 0 Å². The monoisotopic (exact) mass is 304 g/mol. The zero-order valence-electron chi connectivity index (χ0n) is 11.5. The molecule has 104 valence electrons. The van der Waals surface area contributed by atoms with Crippen LogP contribution in [0.1, 0.15) is 18.5 Å². The van der Waals surface area contributed by atoms with Gasteiger partial charge in [-0.2, -0.15) is 0 Å². The Morgan fingerprint density at radius 3 is 2.55 bits per heavy atom. The van der Waals surface area contributed by atoms with Gasteiger partial charge < -0.3 is 5.32 Å². The summed E-state index contributed by atoms with van der Waals surface area (Å²) in [5.74, 6) is 0. The Kier molecular flexibility index (Phi) is 5.50. The Morgan fingerprint density at radius 1 is 1.15 bits per heavy atom. The highest BCUT2D eigenvalue weighted by Gasteiger charge is 2.05. The molecule has 0 spiro atoms. The van der Waals surface area contributed by atoms with E-state index in [4.69, 9.17) is 16.6 Å². The Labute approximate surface area is 129 Å². The molecule has 2 aromatic carbocycles. The van der Waals surface area contributed by atoms with Gasteiger partial charge in [-0.15, -0.1) is 0 Å². The maximum Gasteiger partial charge on any atom is 0.161 e. The maximum absolute atomic E-state index is 5.99. The summed E-state index contributed by atoms with van der Waals surface area (Å²) in [5.41, 5.74) is 2.15. The molecule has 0 amide bonds. The fourth-order valence-electron chi connectivity index (χ4n) is 1.81. The minimum Gasteiger partial charge on any atom is -0.335 e. The van der Waals surface area contributed by atoms with E-state index < -0.39 is 0 Å². The minimum atomic E-state index is 0.116. The largest absolute Gasteiger partial charge is 0.335 e. The number of thioether (sulfide) groups is 1. The van der Waals surface area contributed by atoms with Crippen molar-refractivity contribution in [2.24, 2.45) is 4.99 Å². The number of anilines is 1. The minimum absolute atomic E-state index is 0.116. The summed E-state index contributed by atoms with van der Waals surface area (Å²) >= 11 is 7.58. The second-order valence-electron chi connectivity index (χ2n) is 4.36. The summed E-state index contributed by atoms with van der Waals surface area (Å²) in [5, 5.41) is 4.89. The summed E-state index contributed by atoms with van der Waals surface area (Å²) in [6.45, 7) is 2.09. The van der Waals surface area contributed by atoms with Crippen LogP contribution < -0.4 is 5.32 Å². The molecule has 0 unspecified atom stereocenters. The van der Waals surface area contributed by atoms with Gasteiger partial charge in [-0.25, -0.2) is 0 Å². The highest BCUT2D eigenvalue weighted by Crippen LogP contribution is 2.20. The van der Waals surface area contributed by atoms with Gasteiger partial charge in [-0.3, -0.25) is 4.99 Å². The van der Waals surface area contributed by atoms with Crippen LogP contribution in [0.2, 0.25) is 5.02 Å². The van der Waals surface area contributed by atoms with Crippen molar-refractivity contribution in [2.75, 3.05) is 11.6 Å². The number of amidine groups is 1. The third kappa shape index (κ3) is 4.29. The van der Waals surface area contributed by atoms with Crippen LogP contribution in [0.15, 0.2) is 59.6 Å². The third-order valence-corrected chi connectivity index (χ3v) is 3.69. The predicted octanol–water partition coefficient (Wildman–Crippen LogP) is 5.23. The van der Waals surface area contributed by atoms with Gasteiger partial charge in [-0.05, 0) is 36.9 Å². The molecule has 4 heteroatoms. The number of nitrogens with one attached hydrogen (secondary N) is 1. The normalized spacial score (nSPS) is 13.1. The molecule has 0 aliphatic rings. The lowest BCUT2D eigenvalue weighted by molar-refractivity contribution is 0.823. The standard InChI is InChI=1S/C16H17ClN2S/c1-12(13-7-4-3-5-8-13)18-16(20-2)19-15-10-6-9-14(17)11-15/h3-12H,1-2H3,(H,18,19)/t12-/m0/s1. The van der Waals surface area contributed by atoms with Crippen LogP contribution in [0.25, 0.3) is 0 Å². The van der Waals surface area contributed by atoms with E-state index >= 15 is 0 Å². The summed E-state index contributed by atoms with van der Waals surface area (Å²) in [6.07, 6.45) is 2.01. The van der Waals surface area contributed by atoms with Crippen molar-refractivity contribution >= 4 is 34.2 Å². The molecule has 2 nitrogen and oxygen atoms in total. The molecule has 0 heterocycles. The lowest BCUT2D eigenvalue weighted by Crippen LogP contribution is -2.09. The summed E-state index contributed by atoms with van der Waals surface area (Å²) in [6, 6.07) is 18.0. The molecule has 1 N–H and O–H groups in total. The van der Waals surface area contributed by atoms with Crippen LogP contribution in [-0.2, 0) is 0 Å². The average molecular weight is 305 g/mol. The van der Waals surface area contributed by atoms with E-state index in [2.05, 4.69) is 24.4 Å². The van der Waals surface area contributed by atoms with Crippen LogP contribution >= 0.6 is 23.4 Å². The SMILES string of the molecule is CSC(=N[C@@H](C)c1ccccc1)Nc1cccc(Cl)c1. The van der Waals surface area contributed by atoms with Crippen molar-refractivity contribution < 1.29 is 0 Å². The van der Waals surface area contributed by atoms with Crippen LogP contribution in [0, 0.1) is 0 Å². The van der Waals surface area contributed by atoms with Crippen LogP contribution in [0.3, 0.4) is 0 Å². The zero-order chi connectivity index (χ0) is 14.4. The lowest BCUT2D eigenvalue weighted by Gasteiger charge is -2.12. The van der Waals surface area contributed by atoms with Gasteiger partial charge in [0.1, 0.15) is 0 Å². The topological polar surface area (TPSA) is 24.4 Å². The molecule has 0 aromatic heterocycles. The van der Waals surface area contributed by atoms with Crippen LogP contribution in [0.4, 0.5) is 5.69 Å². The maximum atomic E-state index is 5.99. The Bertz CT molecular complexity index is 584. The molecule has 2 rings (SSSR count). The summed E-state index contributed by atoms with van der Waals surface area (Å²) in [7, 11) is 0. The van der Waals surface area contributed by atoms with Crippen molar-refractivity contribution in [1.29, 1.82) is 0 Å². The average Bonchev–Trinajstić information content (AvgIpc) is 2.47. The number of halogens is 1. The van der Waals surface area contributed by atoms with E-state index in [1.807, 2.05) is 48.7 Å². The molecular weight excluding hydrogens is 288 g/mol. The van der Waals surface area contributed by atoms with Gasteiger partial charge in [0.25, 0.3) is 0 Å². The molecule has 0 aliphatic heterocycles. The quantitative estimate of drug-likeness (QED) is 0.620. The van der Waals surface area contributed by atoms with E-state index in [-0.39, 0.29) is 6.04 Å². The molecule has 2 aromatic rings. The highest BCUT2D eigenvalue weighted by molar-refractivity contribution is 8.13. The van der Waals surface area contributed by atoms with E-state index in [9.17, 15) is 0 Å². The second-order valence-corrected chi connectivity index (χ2v) is 5.59. The molecule has 0 radical (unpaired) electrons. The number of aliphatic imine (C=N–C) groups is 1. The zero-order valence-corrected chi connectivity index (χ0v) is 13.1. The Hall–Kier alpha value is -1.45. The first-order chi connectivity index (χ1) is 9.69. The van der Waals surface area contributed by atoms with E-state index in [0.717, 1.165) is 10.9 Å². The van der Waals surface area contributed by atoms with Crippen molar-refractivity contribution in [3.05, 3.63) is 65.2 Å². The predicted molar refractivity (Wildman–Crippen MR) is 90.9 cm³/mol. The fraction of sp³-hybridized carbons (Fsp3) is 0.188. The van der Waals surface area contributed by atoms with Gasteiger partial charge in [0, 0.05) is 10.7 Å². The molecular formula is C16H17ClN2S. The van der Waals surface area contributed by atoms with Crippen molar-refractivity contribution in [2.45, 2.75) is 13.0 Å². The number of benzene rings is 2. The molecule has 0 fully saturated rings. The molecule has 0 aliphatic carbocycles. The number of hydrogen-bond donors (Lipinski definition) is 1. The summed E-state index contributed by atoms with van der Waals surface area (Å²) in [4.78, 5) is 4.72. The van der Waals surface area contributed by atoms with E-state index in [1.54, 1.807) is 11.8 Å². The van der Waals surface area contributed by atoms with Gasteiger partial charge in [0.2, 0.25) is 0 Å². The third-order valence-electron chi connectivity index (χ3n) is 2.86. The van der Waals surface area contributed by atoms with Gasteiger partial charge in [-0.1, -0.05) is 59.8 Å². The molecule has 0 bridgehead atoms. The van der Waals surface area contributed by atoms with E-state index in [1.165, 1.54) is 5.56 Å². The number of hydrogen-bond acceptors (Lipinski definition) is 2. The Balaban J connectivity index is 2.13. The number of nitrogens with zero attached hydrogens (tertiary/aromatic N) is 1. The molecule has 0 saturated heterocycles. The van der Waals surface area contributed by atoms with Gasteiger partial charge >= 0.3 is 0 Å². The van der Waals surface area contributed by atoms with Crippen molar-refractivity contribution in [1.82, 2.24) is 0 Å². The summed E-state index contributed by atoms with van der Waals surface area (Å²) < 4.78 is 0. The highest BCUT2D eigenvalue weighted by atomic mass is 35.5. The molecule has 1 atom stereocenters. The second kappa shape index (κ2) is 7.36. The van der Waals surface area contributed by atoms with Gasteiger partial charge in [0.05, 0.1) is 6.04 Å². The molecule has 20 heavy (non-hydrogen) atoms. The molecule has 0 saturated carbocycles. The van der Waals surface area contributed by atoms with Crippen molar-refractivity contribution in [3.8, 4) is 0 Å². The first kappa shape index (κ1) is 14.9. The van der Waals surface area contributed by atoms with Crippen molar-refractivity contribution in [3.63, 3.8) is 0 Å². The first-order valence-corrected chi connectivity index (χ1v) is 7.98. The number of rotatable bonds is 3. The van der Waals surface area contributed by atoms with E-state index in [0.29, 0.717) is 5.02 Å². The van der Waals surface area contributed by atoms with Crippen LogP contribution in [-0.4, -0.2) is 11.4 Å². The van der Waals surface area contributed by atoms with Gasteiger partial charge in [0.15, 0.2) is 5.17 Å². The first-order valence-electron chi connectivity index (χ1n) is 6.38. The Morgan fingerprint density at radius 2 is 1.90 bits per heavy atom. The fourth-order valence-corrected chi connectivity index (χ4v) is 2.48.